The van der Waals surface area contributed by atoms with Crippen LogP contribution in [0.25, 0.3) is 0 Å². The van der Waals surface area contributed by atoms with E-state index in [9.17, 15) is 9.59 Å². The van der Waals surface area contributed by atoms with Crippen LogP contribution >= 0.6 is 0 Å². The van der Waals surface area contributed by atoms with Crippen LogP contribution in [0.1, 0.15) is 59.8 Å². The number of rotatable bonds is 3. The summed E-state index contributed by atoms with van der Waals surface area (Å²) in [6.07, 6.45) is 5.77. The molecule has 1 atom stereocenters. The summed E-state index contributed by atoms with van der Waals surface area (Å²) < 4.78 is 0. The molecule has 1 saturated carbocycles. The van der Waals surface area contributed by atoms with E-state index in [-0.39, 0.29) is 11.8 Å². The lowest BCUT2D eigenvalue weighted by Gasteiger charge is -2.26. The summed E-state index contributed by atoms with van der Waals surface area (Å²) in [5.74, 6) is -0.159. The topological polar surface area (TPSA) is 58.2 Å². The summed E-state index contributed by atoms with van der Waals surface area (Å²) in [5, 5.41) is 5.78. The Labute approximate surface area is 110 Å². The zero-order valence-corrected chi connectivity index (χ0v) is 12.0. The van der Waals surface area contributed by atoms with Crippen molar-refractivity contribution in [1.29, 1.82) is 0 Å². The summed E-state index contributed by atoms with van der Waals surface area (Å²) in [6.45, 7) is 7.26. The van der Waals surface area contributed by atoms with E-state index in [1.54, 1.807) is 6.92 Å². The summed E-state index contributed by atoms with van der Waals surface area (Å²) in [5.41, 5.74) is -0.459. The Hall–Kier alpha value is -1.06. The van der Waals surface area contributed by atoms with Crippen LogP contribution in [0.15, 0.2) is 0 Å². The zero-order chi connectivity index (χ0) is 13.8. The van der Waals surface area contributed by atoms with E-state index in [1.807, 2.05) is 20.8 Å². The Kier molecular flexibility index (Phi) is 5.17. The second kappa shape index (κ2) is 6.21. The van der Waals surface area contributed by atoms with Crippen molar-refractivity contribution in [2.24, 2.45) is 5.41 Å². The van der Waals surface area contributed by atoms with Crippen molar-refractivity contribution in [1.82, 2.24) is 10.6 Å². The molecule has 1 aliphatic carbocycles. The van der Waals surface area contributed by atoms with Crippen molar-refractivity contribution >= 4 is 11.8 Å². The molecule has 0 heterocycles. The first-order chi connectivity index (χ1) is 8.30. The number of carbonyl (C=O) groups is 2. The second-order valence-corrected chi connectivity index (χ2v) is 6.29. The molecule has 0 aromatic heterocycles. The molecule has 0 aromatic carbocycles. The van der Waals surface area contributed by atoms with Gasteiger partial charge in [0.15, 0.2) is 0 Å². The van der Waals surface area contributed by atoms with Gasteiger partial charge in [0.1, 0.15) is 6.04 Å². The molecule has 0 aromatic rings. The van der Waals surface area contributed by atoms with Gasteiger partial charge in [-0.05, 0) is 19.8 Å². The van der Waals surface area contributed by atoms with Gasteiger partial charge in [0.05, 0.1) is 0 Å². The number of hydrogen-bond acceptors (Lipinski definition) is 2. The number of carbonyl (C=O) groups excluding carboxylic acids is 2. The number of nitrogens with one attached hydrogen (secondary N) is 2. The van der Waals surface area contributed by atoms with Gasteiger partial charge in [-0.1, -0.05) is 40.0 Å². The average molecular weight is 254 g/mol. The fourth-order valence-corrected chi connectivity index (χ4v) is 2.05. The standard InChI is InChI=1S/C14H26N2O2/c1-10(15-13(18)14(2,3)4)12(17)16-11-8-6-5-7-9-11/h10-11H,5-9H2,1-4H3,(H,15,18)(H,16,17)/t10-/m0/s1. The van der Waals surface area contributed by atoms with Crippen LogP contribution in [0.2, 0.25) is 0 Å². The Balaban J connectivity index is 2.39. The first-order valence-electron chi connectivity index (χ1n) is 6.92. The molecule has 2 amide bonds. The van der Waals surface area contributed by atoms with Gasteiger partial charge in [-0.15, -0.1) is 0 Å². The van der Waals surface area contributed by atoms with E-state index < -0.39 is 11.5 Å². The third-order valence-corrected chi connectivity index (χ3v) is 3.37. The van der Waals surface area contributed by atoms with Crippen molar-refractivity contribution in [3.8, 4) is 0 Å². The molecule has 0 saturated heterocycles. The van der Waals surface area contributed by atoms with Crippen molar-refractivity contribution in [2.45, 2.75) is 71.9 Å². The highest BCUT2D eigenvalue weighted by Gasteiger charge is 2.26. The number of hydrogen-bond donors (Lipinski definition) is 2. The van der Waals surface area contributed by atoms with Crippen molar-refractivity contribution in [2.75, 3.05) is 0 Å². The van der Waals surface area contributed by atoms with Crippen LogP contribution in [0, 0.1) is 5.41 Å². The van der Waals surface area contributed by atoms with Gasteiger partial charge in [0.25, 0.3) is 0 Å². The van der Waals surface area contributed by atoms with Crippen LogP contribution in [0.5, 0.6) is 0 Å². The molecule has 0 bridgehead atoms. The highest BCUT2D eigenvalue weighted by molar-refractivity contribution is 5.89. The molecule has 2 N–H and O–H groups in total. The molecule has 1 rings (SSSR count). The lowest BCUT2D eigenvalue weighted by atomic mass is 9.94. The largest absolute Gasteiger partial charge is 0.352 e. The Morgan fingerprint density at radius 3 is 2.17 bits per heavy atom. The van der Waals surface area contributed by atoms with E-state index in [1.165, 1.54) is 19.3 Å². The van der Waals surface area contributed by atoms with Crippen LogP contribution < -0.4 is 10.6 Å². The van der Waals surface area contributed by atoms with Crippen LogP contribution in [-0.2, 0) is 9.59 Å². The third-order valence-electron chi connectivity index (χ3n) is 3.37. The average Bonchev–Trinajstić information content (AvgIpc) is 2.28. The molecule has 18 heavy (non-hydrogen) atoms. The van der Waals surface area contributed by atoms with Crippen LogP contribution in [0.3, 0.4) is 0 Å². The van der Waals surface area contributed by atoms with Gasteiger partial charge in [0, 0.05) is 11.5 Å². The maximum Gasteiger partial charge on any atom is 0.242 e. The fraction of sp³-hybridized carbons (Fsp3) is 0.857. The van der Waals surface area contributed by atoms with E-state index in [0.717, 1.165) is 12.8 Å². The SMILES string of the molecule is C[C@H](NC(=O)C(C)(C)C)C(=O)NC1CCCCC1. The predicted octanol–water partition coefficient (Wildman–Crippen LogP) is 1.99. The van der Waals surface area contributed by atoms with E-state index in [2.05, 4.69) is 10.6 Å². The molecule has 4 nitrogen and oxygen atoms in total. The van der Waals surface area contributed by atoms with Crippen molar-refractivity contribution in [3.05, 3.63) is 0 Å². The quantitative estimate of drug-likeness (QED) is 0.809. The Bertz CT molecular complexity index is 301. The Morgan fingerprint density at radius 2 is 1.67 bits per heavy atom. The lowest BCUT2D eigenvalue weighted by molar-refractivity contribution is -0.133. The van der Waals surface area contributed by atoms with Gasteiger partial charge >= 0.3 is 0 Å². The summed E-state index contributed by atoms with van der Waals surface area (Å²) in [7, 11) is 0. The van der Waals surface area contributed by atoms with E-state index in [0.29, 0.717) is 6.04 Å². The van der Waals surface area contributed by atoms with Gasteiger partial charge in [-0.25, -0.2) is 0 Å². The van der Waals surface area contributed by atoms with Crippen LogP contribution in [-0.4, -0.2) is 23.9 Å². The predicted molar refractivity (Wildman–Crippen MR) is 72.1 cm³/mol. The zero-order valence-electron chi connectivity index (χ0n) is 12.0. The van der Waals surface area contributed by atoms with E-state index in [4.69, 9.17) is 0 Å². The van der Waals surface area contributed by atoms with E-state index >= 15 is 0 Å². The normalized spacial score (nSPS) is 19.1. The Morgan fingerprint density at radius 1 is 1.11 bits per heavy atom. The smallest absolute Gasteiger partial charge is 0.242 e. The summed E-state index contributed by atoms with van der Waals surface area (Å²) in [6, 6.07) is -0.168. The minimum Gasteiger partial charge on any atom is -0.352 e. The molecule has 0 unspecified atom stereocenters. The summed E-state index contributed by atoms with van der Waals surface area (Å²) >= 11 is 0. The highest BCUT2D eigenvalue weighted by atomic mass is 16.2. The maximum atomic E-state index is 11.9. The molecular weight excluding hydrogens is 228 g/mol. The third kappa shape index (κ3) is 4.67. The maximum absolute atomic E-state index is 11.9. The summed E-state index contributed by atoms with van der Waals surface area (Å²) in [4.78, 5) is 23.7. The van der Waals surface area contributed by atoms with Crippen molar-refractivity contribution in [3.63, 3.8) is 0 Å². The molecular formula is C14H26N2O2. The number of amides is 2. The highest BCUT2D eigenvalue weighted by Crippen LogP contribution is 2.17. The van der Waals surface area contributed by atoms with Crippen LogP contribution in [0.4, 0.5) is 0 Å². The molecule has 104 valence electrons. The van der Waals surface area contributed by atoms with Gasteiger partial charge in [0.2, 0.25) is 11.8 Å². The molecule has 0 spiro atoms. The van der Waals surface area contributed by atoms with Crippen molar-refractivity contribution < 1.29 is 9.59 Å². The second-order valence-electron chi connectivity index (χ2n) is 6.29. The molecule has 0 aliphatic heterocycles. The first kappa shape index (κ1) is 15.0. The molecule has 0 radical (unpaired) electrons. The monoisotopic (exact) mass is 254 g/mol. The minimum atomic E-state index is -0.460. The molecule has 1 aliphatic rings. The first-order valence-corrected chi connectivity index (χ1v) is 6.92. The van der Waals surface area contributed by atoms with Gasteiger partial charge in [-0.2, -0.15) is 0 Å². The van der Waals surface area contributed by atoms with Gasteiger partial charge < -0.3 is 10.6 Å². The molecule has 1 fully saturated rings. The minimum absolute atomic E-state index is 0.0699. The van der Waals surface area contributed by atoms with Gasteiger partial charge in [-0.3, -0.25) is 9.59 Å². The lowest BCUT2D eigenvalue weighted by Crippen LogP contribution is -2.50. The fourth-order valence-electron chi connectivity index (χ4n) is 2.05. The molecule has 4 heteroatoms.